The first kappa shape index (κ1) is 16.9. The van der Waals surface area contributed by atoms with E-state index in [1.54, 1.807) is 18.9 Å². The summed E-state index contributed by atoms with van der Waals surface area (Å²) in [4.78, 5) is 14.8. The van der Waals surface area contributed by atoms with Crippen molar-refractivity contribution in [2.75, 3.05) is 19.4 Å². The molecule has 1 heterocycles. The van der Waals surface area contributed by atoms with E-state index in [9.17, 15) is 4.79 Å². The molecule has 0 radical (unpaired) electrons. The van der Waals surface area contributed by atoms with E-state index in [1.807, 2.05) is 47.4 Å². The van der Waals surface area contributed by atoms with E-state index in [0.29, 0.717) is 5.56 Å². The van der Waals surface area contributed by atoms with E-state index >= 15 is 0 Å². The fourth-order valence-corrected chi connectivity index (χ4v) is 4.67. The third-order valence-corrected chi connectivity index (χ3v) is 5.91. The van der Waals surface area contributed by atoms with Crippen LogP contribution < -0.4 is 4.74 Å². The third kappa shape index (κ3) is 3.59. The topological polar surface area (TPSA) is 29.5 Å². The predicted octanol–water partition coefficient (Wildman–Crippen LogP) is 5.11. The van der Waals surface area contributed by atoms with Crippen LogP contribution in [0.2, 0.25) is 0 Å². The zero-order valence-corrected chi connectivity index (χ0v) is 16.4. The minimum atomic E-state index is -0.0334. The zero-order chi connectivity index (χ0) is 16.4. The van der Waals surface area contributed by atoms with Crippen LogP contribution in [0.1, 0.15) is 21.3 Å². The number of methoxy groups -OCH3 is 1. The zero-order valence-electron chi connectivity index (χ0n) is 12.5. The lowest BCUT2D eigenvalue weighted by Gasteiger charge is -2.25. The molecule has 1 amide bonds. The van der Waals surface area contributed by atoms with Gasteiger partial charge in [-0.05, 0) is 36.4 Å². The third-order valence-electron chi connectivity index (χ3n) is 3.68. The number of amides is 1. The van der Waals surface area contributed by atoms with E-state index in [2.05, 4.69) is 31.9 Å². The van der Waals surface area contributed by atoms with Gasteiger partial charge in [-0.15, -0.1) is 11.8 Å². The van der Waals surface area contributed by atoms with Gasteiger partial charge in [0.2, 0.25) is 0 Å². The molecule has 0 saturated carbocycles. The fraction of sp³-hybridized carbons (Fsp3) is 0.235. The lowest BCUT2D eigenvalue weighted by atomic mass is 10.1. The van der Waals surface area contributed by atoms with Crippen LogP contribution >= 0.6 is 43.6 Å². The van der Waals surface area contributed by atoms with Gasteiger partial charge in [-0.1, -0.05) is 37.9 Å². The highest BCUT2D eigenvalue weighted by Crippen LogP contribution is 2.43. The molecule has 6 heteroatoms. The maximum Gasteiger partial charge on any atom is 0.255 e. The Hall–Kier alpha value is -0.980. The fourth-order valence-electron chi connectivity index (χ4n) is 2.62. The van der Waals surface area contributed by atoms with E-state index in [4.69, 9.17) is 4.74 Å². The molecule has 1 aliphatic heterocycles. The molecular formula is C17H15Br2NO2S. The second-order valence-electron chi connectivity index (χ2n) is 5.12. The first-order valence-electron chi connectivity index (χ1n) is 7.11. The Kier molecular flexibility index (Phi) is 5.34. The molecule has 2 aromatic rings. The van der Waals surface area contributed by atoms with Crippen molar-refractivity contribution in [1.82, 2.24) is 4.90 Å². The van der Waals surface area contributed by atoms with Crippen LogP contribution in [0, 0.1) is 0 Å². The van der Waals surface area contributed by atoms with Crippen molar-refractivity contribution in [3.63, 3.8) is 0 Å². The van der Waals surface area contributed by atoms with Gasteiger partial charge in [-0.2, -0.15) is 0 Å². The average Bonchev–Trinajstić information content (AvgIpc) is 3.03. The van der Waals surface area contributed by atoms with Crippen molar-refractivity contribution in [3.8, 4) is 5.75 Å². The normalized spacial score (nSPS) is 17.3. The Bertz CT molecular complexity index is 738. The standard InChI is InChI=1S/C17H15Br2NO2S/c1-22-15-6-5-13(19)10-14(15)17-20(7-8-23-17)16(21)11-3-2-4-12(18)9-11/h2-6,9-10,17H,7-8H2,1H3. The number of nitrogens with zero attached hydrogens (tertiary/aromatic N) is 1. The van der Waals surface area contributed by atoms with Crippen LogP contribution in [-0.2, 0) is 0 Å². The van der Waals surface area contributed by atoms with Crippen molar-refractivity contribution < 1.29 is 9.53 Å². The molecule has 0 N–H and O–H groups in total. The van der Waals surface area contributed by atoms with E-state index in [0.717, 1.165) is 32.6 Å². The maximum absolute atomic E-state index is 12.9. The highest BCUT2D eigenvalue weighted by Gasteiger charge is 2.33. The van der Waals surface area contributed by atoms with Crippen molar-refractivity contribution in [2.24, 2.45) is 0 Å². The average molecular weight is 457 g/mol. The van der Waals surface area contributed by atoms with Gasteiger partial charge in [-0.25, -0.2) is 0 Å². The molecule has 1 atom stereocenters. The minimum absolute atomic E-state index is 0.0334. The molecule has 0 aromatic heterocycles. The number of carbonyl (C=O) groups is 1. The number of benzene rings is 2. The van der Waals surface area contributed by atoms with Crippen molar-refractivity contribution in [2.45, 2.75) is 5.37 Å². The highest BCUT2D eigenvalue weighted by molar-refractivity contribution is 9.10. The largest absolute Gasteiger partial charge is 0.496 e. The SMILES string of the molecule is COc1ccc(Br)cc1C1SCCN1C(=O)c1cccc(Br)c1. The summed E-state index contributed by atoms with van der Waals surface area (Å²) >= 11 is 8.70. The summed E-state index contributed by atoms with van der Waals surface area (Å²) in [5, 5.41) is -0.0334. The number of halogens is 2. The van der Waals surface area contributed by atoms with Crippen LogP contribution in [0.4, 0.5) is 0 Å². The Morgan fingerprint density at radius 1 is 1.22 bits per heavy atom. The Morgan fingerprint density at radius 3 is 2.74 bits per heavy atom. The van der Waals surface area contributed by atoms with Gasteiger partial charge < -0.3 is 9.64 Å². The molecule has 0 aliphatic carbocycles. The molecule has 0 spiro atoms. The van der Waals surface area contributed by atoms with E-state index in [-0.39, 0.29) is 11.3 Å². The molecule has 1 fully saturated rings. The summed E-state index contributed by atoms with van der Waals surface area (Å²) in [5.41, 5.74) is 1.72. The Labute approximate surface area is 156 Å². The quantitative estimate of drug-likeness (QED) is 0.642. The summed E-state index contributed by atoms with van der Waals surface area (Å²) in [5.74, 6) is 1.77. The van der Waals surface area contributed by atoms with Crippen molar-refractivity contribution in [3.05, 3.63) is 62.5 Å². The van der Waals surface area contributed by atoms with Gasteiger partial charge in [0, 0.05) is 32.4 Å². The number of hydrogen-bond donors (Lipinski definition) is 0. The number of hydrogen-bond acceptors (Lipinski definition) is 3. The van der Waals surface area contributed by atoms with Gasteiger partial charge in [0.1, 0.15) is 11.1 Å². The van der Waals surface area contributed by atoms with Crippen LogP contribution in [0.15, 0.2) is 51.4 Å². The lowest BCUT2D eigenvalue weighted by molar-refractivity contribution is 0.0759. The monoisotopic (exact) mass is 455 g/mol. The Morgan fingerprint density at radius 2 is 2.00 bits per heavy atom. The number of thioether (sulfide) groups is 1. The Balaban J connectivity index is 1.94. The summed E-state index contributed by atoms with van der Waals surface area (Å²) < 4.78 is 7.38. The highest BCUT2D eigenvalue weighted by atomic mass is 79.9. The first-order chi connectivity index (χ1) is 11.1. The molecule has 2 aromatic carbocycles. The number of ether oxygens (including phenoxy) is 1. The number of rotatable bonds is 3. The maximum atomic E-state index is 12.9. The molecular weight excluding hydrogens is 442 g/mol. The minimum Gasteiger partial charge on any atom is -0.496 e. The van der Waals surface area contributed by atoms with Crippen LogP contribution in [0.3, 0.4) is 0 Å². The summed E-state index contributed by atoms with van der Waals surface area (Å²) in [7, 11) is 1.66. The van der Waals surface area contributed by atoms with Gasteiger partial charge in [-0.3, -0.25) is 4.79 Å². The molecule has 3 nitrogen and oxygen atoms in total. The molecule has 23 heavy (non-hydrogen) atoms. The van der Waals surface area contributed by atoms with Crippen molar-refractivity contribution in [1.29, 1.82) is 0 Å². The number of carbonyl (C=O) groups excluding carboxylic acids is 1. The van der Waals surface area contributed by atoms with Gasteiger partial charge in [0.25, 0.3) is 5.91 Å². The lowest BCUT2D eigenvalue weighted by Crippen LogP contribution is -2.30. The first-order valence-corrected chi connectivity index (χ1v) is 9.75. The molecule has 120 valence electrons. The smallest absolute Gasteiger partial charge is 0.255 e. The molecule has 0 bridgehead atoms. The summed E-state index contributed by atoms with van der Waals surface area (Å²) in [6.45, 7) is 0.732. The second kappa shape index (κ2) is 7.28. The van der Waals surface area contributed by atoms with Gasteiger partial charge in [0.05, 0.1) is 7.11 Å². The van der Waals surface area contributed by atoms with Gasteiger partial charge in [0.15, 0.2) is 0 Å². The summed E-state index contributed by atoms with van der Waals surface area (Å²) in [6.07, 6.45) is 0. The van der Waals surface area contributed by atoms with Crippen molar-refractivity contribution >= 4 is 49.5 Å². The molecule has 1 aliphatic rings. The van der Waals surface area contributed by atoms with Crippen LogP contribution in [0.25, 0.3) is 0 Å². The second-order valence-corrected chi connectivity index (χ2v) is 8.14. The van der Waals surface area contributed by atoms with Crippen LogP contribution in [-0.4, -0.2) is 30.2 Å². The van der Waals surface area contributed by atoms with E-state index in [1.165, 1.54) is 0 Å². The molecule has 1 unspecified atom stereocenters. The van der Waals surface area contributed by atoms with Gasteiger partial charge >= 0.3 is 0 Å². The van der Waals surface area contributed by atoms with Crippen LogP contribution in [0.5, 0.6) is 5.75 Å². The molecule has 3 rings (SSSR count). The summed E-state index contributed by atoms with van der Waals surface area (Å²) in [6, 6.07) is 13.4. The predicted molar refractivity (Wildman–Crippen MR) is 101 cm³/mol. The molecule has 1 saturated heterocycles. The van der Waals surface area contributed by atoms with E-state index < -0.39 is 0 Å².